The molecule has 0 saturated carbocycles. The van der Waals surface area contributed by atoms with E-state index in [1.807, 2.05) is 78.9 Å². The monoisotopic (exact) mass is 1490 g/mol. The summed E-state index contributed by atoms with van der Waals surface area (Å²) in [5, 5.41) is 0. The van der Waals surface area contributed by atoms with Crippen LogP contribution in [0, 0.1) is 36.0 Å². The van der Waals surface area contributed by atoms with Gasteiger partial charge in [-0.2, -0.15) is 0 Å². The molecule has 510 valence electrons. The molecule has 0 saturated heterocycles. The molecule has 16 bridgehead atoms. The Morgan fingerprint density at radius 2 is 0.373 bits per heavy atom. The molecular weight excluding hydrogens is 1440 g/mol. The summed E-state index contributed by atoms with van der Waals surface area (Å²) >= 11 is 0. The molecule has 0 radical (unpaired) electrons. The first-order valence-electron chi connectivity index (χ1n) is 35.7. The summed E-state index contributed by atoms with van der Waals surface area (Å²) in [6.45, 7) is 0. The minimum Gasteiger partial charge on any atom is -0.657 e. The van der Waals surface area contributed by atoms with Crippen LogP contribution < -0.4 is 19.9 Å². The van der Waals surface area contributed by atoms with Crippen molar-refractivity contribution in [3.05, 3.63) is 371 Å². The van der Waals surface area contributed by atoms with Gasteiger partial charge in [0.1, 0.15) is 0 Å². The van der Waals surface area contributed by atoms with Crippen LogP contribution in [-0.2, 0) is 36.0 Å². The molecule has 0 fully saturated rings. The van der Waals surface area contributed by atoms with Crippen molar-refractivity contribution in [2.75, 3.05) is 0 Å². The fraction of sp³-hybridized carbons (Fsp3) is 0. The number of benzene rings is 9. The maximum Gasteiger partial charge on any atom is 2.00 e. The van der Waals surface area contributed by atoms with E-state index in [0.29, 0.717) is 5.56 Å². The number of hydrogen-bond acceptors (Lipinski definition) is 4. The average molecular weight is 1500 g/mol. The minimum atomic E-state index is 0. The molecule has 10 heterocycles. The molecular formula is C100H58N8NiZn. The van der Waals surface area contributed by atoms with Crippen molar-refractivity contribution < 1.29 is 36.0 Å². The van der Waals surface area contributed by atoms with Crippen LogP contribution in [0.5, 0.6) is 0 Å². The van der Waals surface area contributed by atoms with Crippen LogP contribution >= 0.6 is 0 Å². The Morgan fingerprint density at radius 3 is 0.564 bits per heavy atom. The Labute approximate surface area is 659 Å². The zero-order valence-electron chi connectivity index (χ0n) is 59.1. The van der Waals surface area contributed by atoms with Crippen LogP contribution in [0.25, 0.3) is 182 Å². The molecule has 0 N–H and O–H groups in total. The zero-order valence-corrected chi connectivity index (χ0v) is 63.0. The predicted octanol–water partition coefficient (Wildman–Crippen LogP) is 22.3. The average Bonchev–Trinajstić information content (AvgIpc) is 1.60. The van der Waals surface area contributed by atoms with Gasteiger partial charge in [0.25, 0.3) is 0 Å². The van der Waals surface area contributed by atoms with E-state index in [4.69, 9.17) is 46.3 Å². The van der Waals surface area contributed by atoms with Crippen LogP contribution in [0.1, 0.15) is 73.4 Å². The number of terminal acetylenes is 1. The fourth-order valence-corrected chi connectivity index (χ4v) is 14.8. The van der Waals surface area contributed by atoms with Gasteiger partial charge in [-0.25, -0.2) is 19.9 Å². The molecule has 10 heteroatoms. The van der Waals surface area contributed by atoms with Crippen molar-refractivity contribution in [1.82, 2.24) is 39.9 Å². The third-order valence-corrected chi connectivity index (χ3v) is 19.7. The first-order chi connectivity index (χ1) is 53.4. The van der Waals surface area contributed by atoms with E-state index in [9.17, 15) is 0 Å². The maximum absolute atomic E-state index is 6.15. The van der Waals surface area contributed by atoms with Crippen molar-refractivity contribution >= 4 is 92.7 Å². The number of rotatable bonds is 8. The van der Waals surface area contributed by atoms with Gasteiger partial charge in [0.15, 0.2) is 0 Å². The molecule has 0 spiro atoms. The summed E-state index contributed by atoms with van der Waals surface area (Å²) in [5.74, 6) is 16.6. The van der Waals surface area contributed by atoms with E-state index in [2.05, 4.69) is 297 Å². The zero-order chi connectivity index (χ0) is 71.9. The van der Waals surface area contributed by atoms with Crippen molar-refractivity contribution in [3.63, 3.8) is 0 Å². The quantitative estimate of drug-likeness (QED) is 0.109. The first kappa shape index (κ1) is 69.0. The Balaban J connectivity index is 0.00000441. The van der Waals surface area contributed by atoms with E-state index >= 15 is 0 Å². The molecule has 15 aromatic rings. The molecule has 110 heavy (non-hydrogen) atoms. The Hall–Kier alpha value is -14.0. The molecule has 0 amide bonds. The summed E-state index contributed by atoms with van der Waals surface area (Å²) in [6.07, 6.45) is 22.9. The van der Waals surface area contributed by atoms with E-state index in [0.717, 1.165) is 201 Å². The van der Waals surface area contributed by atoms with Gasteiger partial charge in [0.05, 0.1) is 45.6 Å². The number of fused-ring (bicyclic) bond motifs is 16. The van der Waals surface area contributed by atoms with E-state index in [-0.39, 0.29) is 36.0 Å². The van der Waals surface area contributed by atoms with Crippen LogP contribution in [0.2, 0.25) is 0 Å². The third-order valence-electron chi connectivity index (χ3n) is 19.7. The maximum atomic E-state index is 6.15. The number of nitrogens with zero attached hydrogens (tertiary/aromatic N) is 8. The van der Waals surface area contributed by atoms with Crippen LogP contribution in [0.3, 0.4) is 0 Å². The Morgan fingerprint density at radius 1 is 0.200 bits per heavy atom. The Kier molecular flexibility index (Phi) is 18.9. The molecule has 4 aliphatic heterocycles. The Bertz CT molecular complexity index is 6340. The number of hydrogen-bond donors (Lipinski definition) is 0. The van der Waals surface area contributed by atoms with Gasteiger partial charge >= 0.3 is 36.0 Å². The molecule has 6 aromatic heterocycles. The SMILES string of the molecule is C#Cc1cc(C#Cc2ccc(-c3c4nc(c(-c5ccccc5)c5ccc([n-]5)c(-c5ccccc5)c5nc(c(-c6ccccc6)c6ccc3[n-]6)C=C5)C=C4)cc2)cc(C#Cc2ccc(-c3c4nc(c(-c5ccccc5)c5ccc([n-]5)c(-c5ccccc5)c5nc(c(-c6ccccc6)c6ccc3[n-]6)C=C5)C=C4)cc2)c1.[Ni+2].[Zn+2]. The molecule has 8 nitrogen and oxygen atoms in total. The van der Waals surface area contributed by atoms with Gasteiger partial charge in [-0.05, 0) is 180 Å². The molecule has 19 rings (SSSR count). The standard InChI is InChI=1S/C100H58N8.Ni.Zn/c1-2-64-61-67(35-33-65-37-41-75(42-38-65)99-89-57-53-85(105-89)95(71-25-13-5-14-26-71)81-49-45-77(101-81)93(69-21-9-3-10-22-69)78-46-50-82(102-78)96(72-27-15-6-16-28-72)86-54-58-90(99)106-86)63-68(62-64)36-34-66-39-43-76(44-40-66)100-91-59-55-87(107-91)97(73-29-17-7-18-30-73)83-51-47-79(103-83)94(70-23-11-4-12-24-70)80-48-52-84(104-80)98(74-31-19-8-20-32-74)88-56-60-92(100)108-88;;/h1,3-32,37-63H;;/q-4;2*+2. The van der Waals surface area contributed by atoms with Crippen LogP contribution in [0.4, 0.5) is 0 Å². The second kappa shape index (κ2) is 30.1. The second-order valence-electron chi connectivity index (χ2n) is 26.5. The molecule has 0 atom stereocenters. The van der Waals surface area contributed by atoms with Gasteiger partial charge in [0, 0.05) is 27.8 Å². The summed E-state index contributed by atoms with van der Waals surface area (Å²) in [6, 6.07) is 101. The van der Waals surface area contributed by atoms with Crippen molar-refractivity contribution in [2.45, 2.75) is 0 Å². The van der Waals surface area contributed by atoms with Crippen LogP contribution in [0.15, 0.2) is 297 Å². The summed E-state index contributed by atoms with van der Waals surface area (Å²) < 4.78 is 0. The van der Waals surface area contributed by atoms with Gasteiger partial charge in [-0.1, -0.05) is 284 Å². The normalized spacial score (nSPS) is 11.6. The summed E-state index contributed by atoms with van der Waals surface area (Å²) in [7, 11) is 0. The summed E-state index contributed by atoms with van der Waals surface area (Å²) in [4.78, 5) is 43.6. The van der Waals surface area contributed by atoms with Gasteiger partial charge in [0.2, 0.25) is 0 Å². The fourth-order valence-electron chi connectivity index (χ4n) is 14.8. The van der Waals surface area contributed by atoms with Crippen molar-refractivity contribution in [3.8, 4) is 125 Å². The largest absolute Gasteiger partial charge is 2.00 e. The van der Waals surface area contributed by atoms with Gasteiger partial charge < -0.3 is 19.9 Å². The smallest absolute Gasteiger partial charge is 0.657 e. The van der Waals surface area contributed by atoms with E-state index in [1.165, 1.54) is 0 Å². The van der Waals surface area contributed by atoms with Crippen LogP contribution in [-0.4, -0.2) is 19.9 Å². The van der Waals surface area contributed by atoms with Crippen molar-refractivity contribution in [2.24, 2.45) is 0 Å². The van der Waals surface area contributed by atoms with Gasteiger partial charge in [-0.3, -0.25) is 0 Å². The van der Waals surface area contributed by atoms with E-state index < -0.39 is 0 Å². The molecule has 0 aliphatic carbocycles. The minimum absolute atomic E-state index is 0. The molecule has 0 unspecified atom stereocenters. The van der Waals surface area contributed by atoms with Gasteiger partial charge in [-0.15, -0.1) is 50.6 Å². The number of aromatic nitrogens is 8. The molecule has 9 aromatic carbocycles. The van der Waals surface area contributed by atoms with E-state index in [1.54, 1.807) is 0 Å². The second-order valence-corrected chi connectivity index (χ2v) is 26.5. The topological polar surface area (TPSA) is 108 Å². The molecule has 4 aliphatic rings. The van der Waals surface area contributed by atoms with Crippen molar-refractivity contribution in [1.29, 1.82) is 0 Å². The predicted molar refractivity (Wildman–Crippen MR) is 443 cm³/mol. The first-order valence-corrected chi connectivity index (χ1v) is 35.7. The summed E-state index contributed by atoms with van der Waals surface area (Å²) in [5.41, 5.74) is 31.8. The third kappa shape index (κ3) is 13.4.